The maximum absolute atomic E-state index is 13.0. The van der Waals surface area contributed by atoms with Crippen molar-refractivity contribution in [3.63, 3.8) is 0 Å². The van der Waals surface area contributed by atoms with Gasteiger partial charge in [-0.2, -0.15) is 13.2 Å². The normalized spacial score (nSPS) is 17.4. The summed E-state index contributed by atoms with van der Waals surface area (Å²) in [5, 5.41) is 2.46. The highest BCUT2D eigenvalue weighted by Crippen LogP contribution is 2.32. The third-order valence-corrected chi connectivity index (χ3v) is 6.92. The van der Waals surface area contributed by atoms with Crippen molar-refractivity contribution in [2.24, 2.45) is 0 Å². The van der Waals surface area contributed by atoms with Crippen LogP contribution in [-0.4, -0.2) is 84.7 Å². The van der Waals surface area contributed by atoms with Crippen molar-refractivity contribution < 1.29 is 27.5 Å². The maximum Gasteiger partial charge on any atom is 0.416 e. The van der Waals surface area contributed by atoms with Crippen LogP contribution in [0.1, 0.15) is 36.8 Å². The van der Waals surface area contributed by atoms with E-state index in [1.54, 1.807) is 21.2 Å². The van der Waals surface area contributed by atoms with E-state index in [0.717, 1.165) is 17.3 Å². The second-order valence-corrected chi connectivity index (χ2v) is 10.6. The van der Waals surface area contributed by atoms with Crippen molar-refractivity contribution in [3.8, 4) is 0 Å². The van der Waals surface area contributed by atoms with E-state index in [1.807, 2.05) is 30.6 Å². The average Bonchev–Trinajstić information content (AvgIpc) is 3.33. The Kier molecular flexibility index (Phi) is 7.35. The van der Waals surface area contributed by atoms with Crippen molar-refractivity contribution in [1.29, 1.82) is 0 Å². The maximum atomic E-state index is 13.0. The highest BCUT2D eigenvalue weighted by Gasteiger charge is 2.32. The molecule has 0 spiro atoms. The minimum atomic E-state index is -4.39. The van der Waals surface area contributed by atoms with E-state index in [4.69, 9.17) is 4.74 Å². The minimum Gasteiger partial charge on any atom is -0.444 e. The fourth-order valence-corrected chi connectivity index (χ4v) is 4.98. The zero-order chi connectivity index (χ0) is 26.1. The molecule has 36 heavy (non-hydrogen) atoms. The lowest BCUT2D eigenvalue weighted by atomic mass is 10.1. The molecule has 0 N–H and O–H groups in total. The van der Waals surface area contributed by atoms with Gasteiger partial charge in [0.25, 0.3) is 5.91 Å². The number of carbonyl (C=O) groups is 2. The Balaban J connectivity index is 1.30. The van der Waals surface area contributed by atoms with Gasteiger partial charge in [0.05, 0.1) is 5.56 Å². The summed E-state index contributed by atoms with van der Waals surface area (Å²) in [5.74, 6) is -0.186. The Labute approximate surface area is 212 Å². The molecular weight excluding hydrogens is 495 g/mol. The number of amides is 2. The summed E-state index contributed by atoms with van der Waals surface area (Å²) in [6, 6.07) is 5.26. The number of thiazole rings is 1. The van der Waals surface area contributed by atoms with Crippen molar-refractivity contribution in [3.05, 3.63) is 40.9 Å². The summed E-state index contributed by atoms with van der Waals surface area (Å²) in [6.07, 6.45) is -4.72. The molecule has 2 aliphatic rings. The summed E-state index contributed by atoms with van der Waals surface area (Å²) in [6.45, 7) is 9.39. The van der Waals surface area contributed by atoms with Gasteiger partial charge >= 0.3 is 12.3 Å². The molecule has 0 unspecified atom stereocenters. The zero-order valence-electron chi connectivity index (χ0n) is 20.5. The first kappa shape index (κ1) is 26.1. The molecule has 2 amide bonds. The van der Waals surface area contributed by atoms with Gasteiger partial charge in [-0.25, -0.2) is 9.78 Å². The molecule has 0 bridgehead atoms. The van der Waals surface area contributed by atoms with Crippen molar-refractivity contribution in [2.45, 2.75) is 32.5 Å². The molecule has 196 valence electrons. The molecule has 0 aliphatic carbocycles. The van der Waals surface area contributed by atoms with E-state index >= 15 is 0 Å². The summed E-state index contributed by atoms with van der Waals surface area (Å²) in [7, 11) is 0. The standard InChI is InChI=1S/C24H30F3N5O3S/c1-23(2,3)35-22(34)32-13-11-31(12-14-32)21-28-19(16-36-21)20(33)30-9-7-29(8-10-30)18-6-4-5-17(15-18)24(25,26)27/h4-6,15-16H,7-14H2,1-3H3. The first-order chi connectivity index (χ1) is 16.9. The summed E-state index contributed by atoms with van der Waals surface area (Å²) in [5.41, 5.74) is -0.367. The van der Waals surface area contributed by atoms with E-state index in [9.17, 15) is 22.8 Å². The molecule has 1 aromatic carbocycles. The number of alkyl halides is 3. The number of ether oxygens (including phenoxy) is 1. The number of rotatable bonds is 3. The van der Waals surface area contributed by atoms with Gasteiger partial charge in [-0.1, -0.05) is 6.07 Å². The van der Waals surface area contributed by atoms with Crippen LogP contribution in [0, 0.1) is 0 Å². The lowest BCUT2D eigenvalue weighted by Gasteiger charge is -2.36. The predicted octanol–water partition coefficient (Wildman–Crippen LogP) is 4.18. The van der Waals surface area contributed by atoms with Gasteiger partial charge in [0.15, 0.2) is 5.13 Å². The van der Waals surface area contributed by atoms with Gasteiger partial charge < -0.3 is 24.3 Å². The summed E-state index contributed by atoms with van der Waals surface area (Å²) >= 11 is 1.38. The fraction of sp³-hybridized carbons (Fsp3) is 0.542. The van der Waals surface area contributed by atoms with E-state index < -0.39 is 17.3 Å². The first-order valence-corrected chi connectivity index (χ1v) is 12.7. The highest BCUT2D eigenvalue weighted by atomic mass is 32.1. The van der Waals surface area contributed by atoms with Gasteiger partial charge in [0.2, 0.25) is 0 Å². The minimum absolute atomic E-state index is 0.186. The second kappa shape index (κ2) is 10.2. The van der Waals surface area contributed by atoms with Crippen LogP contribution in [0.5, 0.6) is 0 Å². The first-order valence-electron chi connectivity index (χ1n) is 11.8. The fourth-order valence-electron chi connectivity index (χ4n) is 4.12. The lowest BCUT2D eigenvalue weighted by molar-refractivity contribution is -0.137. The second-order valence-electron chi connectivity index (χ2n) is 9.80. The molecule has 2 aliphatic heterocycles. The number of hydrogen-bond acceptors (Lipinski definition) is 7. The van der Waals surface area contributed by atoms with E-state index in [1.165, 1.54) is 17.4 Å². The summed E-state index contributed by atoms with van der Waals surface area (Å²) < 4.78 is 44.5. The Morgan fingerprint density at radius 3 is 2.14 bits per heavy atom. The van der Waals surface area contributed by atoms with Crippen LogP contribution in [-0.2, 0) is 10.9 Å². The van der Waals surface area contributed by atoms with Gasteiger partial charge in [0.1, 0.15) is 11.3 Å². The number of anilines is 2. The number of benzene rings is 1. The molecule has 12 heteroatoms. The molecule has 3 heterocycles. The molecule has 2 saturated heterocycles. The highest BCUT2D eigenvalue weighted by molar-refractivity contribution is 7.13. The molecule has 1 aromatic heterocycles. The van der Waals surface area contributed by atoms with Crippen LogP contribution in [0.2, 0.25) is 0 Å². The van der Waals surface area contributed by atoms with Crippen molar-refractivity contribution in [1.82, 2.24) is 14.8 Å². The number of piperazine rings is 2. The van der Waals surface area contributed by atoms with Crippen LogP contribution in [0.4, 0.5) is 28.8 Å². The van der Waals surface area contributed by atoms with Gasteiger partial charge in [-0.05, 0) is 39.0 Å². The number of hydrogen-bond donors (Lipinski definition) is 0. The smallest absolute Gasteiger partial charge is 0.416 e. The Hall–Kier alpha value is -3.02. The average molecular weight is 526 g/mol. The topological polar surface area (TPSA) is 69.2 Å². The number of nitrogens with zero attached hydrogens (tertiary/aromatic N) is 5. The van der Waals surface area contributed by atoms with Crippen LogP contribution in [0.25, 0.3) is 0 Å². The number of halogens is 3. The van der Waals surface area contributed by atoms with E-state index in [-0.39, 0.29) is 12.0 Å². The predicted molar refractivity (Wildman–Crippen MR) is 132 cm³/mol. The Bertz CT molecular complexity index is 1090. The van der Waals surface area contributed by atoms with Crippen LogP contribution < -0.4 is 9.80 Å². The van der Waals surface area contributed by atoms with Gasteiger partial charge in [-0.3, -0.25) is 4.79 Å². The molecule has 0 atom stereocenters. The number of carbonyl (C=O) groups excluding carboxylic acids is 2. The van der Waals surface area contributed by atoms with Crippen molar-refractivity contribution >= 4 is 34.2 Å². The van der Waals surface area contributed by atoms with Crippen molar-refractivity contribution in [2.75, 3.05) is 62.2 Å². The van der Waals surface area contributed by atoms with E-state index in [2.05, 4.69) is 4.98 Å². The molecule has 2 aromatic rings. The van der Waals surface area contributed by atoms with Crippen LogP contribution >= 0.6 is 11.3 Å². The van der Waals surface area contributed by atoms with Gasteiger partial charge in [-0.15, -0.1) is 11.3 Å². The molecule has 4 rings (SSSR count). The lowest BCUT2D eigenvalue weighted by Crippen LogP contribution is -2.50. The van der Waals surface area contributed by atoms with E-state index in [0.29, 0.717) is 63.7 Å². The Morgan fingerprint density at radius 1 is 0.917 bits per heavy atom. The van der Waals surface area contributed by atoms with Crippen LogP contribution in [0.15, 0.2) is 29.6 Å². The molecule has 8 nitrogen and oxygen atoms in total. The largest absolute Gasteiger partial charge is 0.444 e. The number of aromatic nitrogens is 1. The SMILES string of the molecule is CC(C)(C)OC(=O)N1CCN(c2nc(C(=O)N3CCN(c4cccc(C(F)(F)F)c4)CC3)cs2)CC1. The quantitative estimate of drug-likeness (QED) is 0.599. The molecule has 0 radical (unpaired) electrons. The Morgan fingerprint density at radius 2 is 1.53 bits per heavy atom. The monoisotopic (exact) mass is 525 g/mol. The molecular formula is C24H30F3N5O3S. The third-order valence-electron chi connectivity index (χ3n) is 6.02. The van der Waals surface area contributed by atoms with Gasteiger partial charge in [0, 0.05) is 63.4 Å². The summed E-state index contributed by atoms with van der Waals surface area (Å²) in [4.78, 5) is 37.1. The van der Waals surface area contributed by atoms with Crippen LogP contribution in [0.3, 0.4) is 0 Å². The molecule has 0 saturated carbocycles. The third kappa shape index (κ3) is 6.21. The zero-order valence-corrected chi connectivity index (χ0v) is 21.4. The molecule has 2 fully saturated rings.